The SMILES string of the molecule is Cc1cc(C)cc(NC(N)=NCC2CN(S(C)(=O)=O)C2)c1. The van der Waals surface area contributed by atoms with Crippen molar-refractivity contribution in [3.05, 3.63) is 29.3 Å². The summed E-state index contributed by atoms with van der Waals surface area (Å²) in [5.74, 6) is 0.608. The topological polar surface area (TPSA) is 87.8 Å². The van der Waals surface area contributed by atoms with Crippen LogP contribution in [0.1, 0.15) is 11.1 Å². The first-order valence-electron chi connectivity index (χ1n) is 6.84. The molecule has 2 rings (SSSR count). The number of aliphatic imine (C=N–C) groups is 1. The Labute approximate surface area is 126 Å². The fourth-order valence-corrected chi connectivity index (χ4v) is 3.33. The van der Waals surface area contributed by atoms with Gasteiger partial charge >= 0.3 is 0 Å². The first-order valence-corrected chi connectivity index (χ1v) is 8.69. The van der Waals surface area contributed by atoms with Crippen molar-refractivity contribution in [1.82, 2.24) is 4.31 Å². The van der Waals surface area contributed by atoms with E-state index < -0.39 is 10.0 Å². The molecule has 1 fully saturated rings. The molecular weight excluding hydrogens is 288 g/mol. The van der Waals surface area contributed by atoms with E-state index in [1.165, 1.54) is 10.6 Å². The third-order valence-electron chi connectivity index (χ3n) is 3.41. The highest BCUT2D eigenvalue weighted by molar-refractivity contribution is 7.88. The third-order valence-corrected chi connectivity index (χ3v) is 4.64. The smallest absolute Gasteiger partial charge is 0.211 e. The van der Waals surface area contributed by atoms with Crippen molar-refractivity contribution >= 4 is 21.7 Å². The molecule has 1 aromatic rings. The molecule has 0 saturated carbocycles. The molecule has 1 aliphatic heterocycles. The highest BCUT2D eigenvalue weighted by atomic mass is 32.2. The lowest BCUT2D eigenvalue weighted by Gasteiger charge is -2.36. The first-order chi connectivity index (χ1) is 9.74. The summed E-state index contributed by atoms with van der Waals surface area (Å²) in [6, 6.07) is 6.10. The number of hydrogen-bond donors (Lipinski definition) is 2. The molecule has 0 atom stereocenters. The number of hydrogen-bond acceptors (Lipinski definition) is 3. The molecule has 0 radical (unpaired) electrons. The maximum atomic E-state index is 11.3. The summed E-state index contributed by atoms with van der Waals surface area (Å²) in [6.45, 7) is 5.65. The van der Waals surface area contributed by atoms with Crippen LogP contribution in [0, 0.1) is 19.8 Å². The van der Waals surface area contributed by atoms with Gasteiger partial charge < -0.3 is 11.1 Å². The minimum Gasteiger partial charge on any atom is -0.370 e. The van der Waals surface area contributed by atoms with Gasteiger partial charge in [-0.2, -0.15) is 0 Å². The van der Waals surface area contributed by atoms with E-state index in [-0.39, 0.29) is 5.92 Å². The number of nitrogens with one attached hydrogen (secondary N) is 1. The lowest BCUT2D eigenvalue weighted by atomic mass is 10.0. The summed E-state index contributed by atoms with van der Waals surface area (Å²) >= 11 is 0. The van der Waals surface area contributed by atoms with E-state index in [9.17, 15) is 8.42 Å². The summed E-state index contributed by atoms with van der Waals surface area (Å²) in [5, 5.41) is 3.06. The Hall–Kier alpha value is -1.60. The molecule has 1 aromatic carbocycles. The van der Waals surface area contributed by atoms with Gasteiger partial charge in [0.15, 0.2) is 5.96 Å². The van der Waals surface area contributed by atoms with Gasteiger partial charge in [0.05, 0.1) is 6.26 Å². The Morgan fingerprint density at radius 3 is 2.43 bits per heavy atom. The Balaban J connectivity index is 1.85. The average molecular weight is 310 g/mol. The predicted octanol–water partition coefficient (Wildman–Crippen LogP) is 0.921. The standard InChI is InChI=1S/C14H22N4O2S/c1-10-4-11(2)6-13(5-10)17-14(15)16-7-12-8-18(9-12)21(3,19)20/h4-6,12H,7-9H2,1-3H3,(H3,15,16,17). The Kier molecular flexibility index (Phi) is 4.53. The van der Waals surface area contributed by atoms with Crippen LogP contribution in [0.15, 0.2) is 23.2 Å². The molecule has 1 aliphatic rings. The second-order valence-corrected chi connectivity index (χ2v) is 7.66. The van der Waals surface area contributed by atoms with Crippen molar-refractivity contribution in [2.24, 2.45) is 16.6 Å². The Bertz CT molecular complexity index is 629. The fourth-order valence-electron chi connectivity index (χ4n) is 2.37. The summed E-state index contributed by atoms with van der Waals surface area (Å²) in [4.78, 5) is 4.28. The van der Waals surface area contributed by atoms with Gasteiger partial charge in [0.1, 0.15) is 0 Å². The molecule has 21 heavy (non-hydrogen) atoms. The number of aryl methyl sites for hydroxylation is 2. The van der Waals surface area contributed by atoms with E-state index in [1.807, 2.05) is 26.0 Å². The van der Waals surface area contributed by atoms with Crippen molar-refractivity contribution in [3.8, 4) is 0 Å². The number of anilines is 1. The normalized spacial score (nSPS) is 17.6. The largest absolute Gasteiger partial charge is 0.370 e. The molecule has 6 nitrogen and oxygen atoms in total. The molecular formula is C14H22N4O2S. The van der Waals surface area contributed by atoms with Crippen LogP contribution in [0.2, 0.25) is 0 Å². The second kappa shape index (κ2) is 6.03. The zero-order valence-corrected chi connectivity index (χ0v) is 13.4. The number of sulfonamides is 1. The quantitative estimate of drug-likeness (QED) is 0.639. The van der Waals surface area contributed by atoms with Crippen LogP contribution in [-0.2, 0) is 10.0 Å². The van der Waals surface area contributed by atoms with Gasteiger partial charge in [-0.05, 0) is 37.1 Å². The van der Waals surface area contributed by atoms with Gasteiger partial charge in [0.2, 0.25) is 10.0 Å². The number of nitrogens with two attached hydrogens (primary N) is 1. The molecule has 0 unspecified atom stereocenters. The van der Waals surface area contributed by atoms with E-state index in [4.69, 9.17) is 5.73 Å². The molecule has 0 aliphatic carbocycles. The molecule has 0 amide bonds. The van der Waals surface area contributed by atoms with Crippen molar-refractivity contribution < 1.29 is 8.42 Å². The second-order valence-electron chi connectivity index (χ2n) is 5.67. The Morgan fingerprint density at radius 1 is 1.33 bits per heavy atom. The van der Waals surface area contributed by atoms with E-state index in [1.54, 1.807) is 0 Å². The van der Waals surface area contributed by atoms with E-state index in [0.717, 1.165) is 16.8 Å². The minimum absolute atomic E-state index is 0.249. The van der Waals surface area contributed by atoms with Crippen LogP contribution >= 0.6 is 0 Å². The molecule has 1 heterocycles. The first kappa shape index (κ1) is 15.8. The zero-order valence-electron chi connectivity index (χ0n) is 12.6. The Morgan fingerprint density at radius 2 is 1.90 bits per heavy atom. The van der Waals surface area contributed by atoms with Gasteiger partial charge in [0.25, 0.3) is 0 Å². The summed E-state index contributed by atoms with van der Waals surface area (Å²) < 4.78 is 24.0. The van der Waals surface area contributed by atoms with Crippen LogP contribution in [0.3, 0.4) is 0 Å². The predicted molar refractivity (Wildman–Crippen MR) is 85.9 cm³/mol. The fraction of sp³-hybridized carbons (Fsp3) is 0.500. The molecule has 0 bridgehead atoms. The van der Waals surface area contributed by atoms with Crippen LogP contribution in [0.25, 0.3) is 0 Å². The van der Waals surface area contributed by atoms with E-state index in [0.29, 0.717) is 25.6 Å². The minimum atomic E-state index is -3.06. The lowest BCUT2D eigenvalue weighted by Crippen LogP contribution is -2.50. The van der Waals surface area contributed by atoms with Crippen molar-refractivity contribution in [1.29, 1.82) is 0 Å². The number of benzene rings is 1. The molecule has 7 heteroatoms. The number of guanidine groups is 1. The van der Waals surface area contributed by atoms with Crippen molar-refractivity contribution in [2.45, 2.75) is 13.8 Å². The summed E-state index contributed by atoms with van der Waals surface area (Å²) in [6.07, 6.45) is 1.22. The molecule has 3 N–H and O–H groups in total. The highest BCUT2D eigenvalue weighted by Crippen LogP contribution is 2.19. The van der Waals surface area contributed by atoms with E-state index >= 15 is 0 Å². The van der Waals surface area contributed by atoms with Gasteiger partial charge in [-0.25, -0.2) is 12.7 Å². The molecule has 1 saturated heterocycles. The monoisotopic (exact) mass is 310 g/mol. The van der Waals surface area contributed by atoms with Gasteiger partial charge in [0, 0.05) is 31.2 Å². The van der Waals surface area contributed by atoms with Crippen molar-refractivity contribution in [2.75, 3.05) is 31.2 Å². The third kappa shape index (κ3) is 4.44. The van der Waals surface area contributed by atoms with Crippen LogP contribution in [0.5, 0.6) is 0 Å². The van der Waals surface area contributed by atoms with Crippen LogP contribution in [-0.4, -0.2) is 44.6 Å². The van der Waals surface area contributed by atoms with Gasteiger partial charge in [-0.3, -0.25) is 4.99 Å². The van der Waals surface area contributed by atoms with Crippen LogP contribution < -0.4 is 11.1 Å². The van der Waals surface area contributed by atoms with Gasteiger partial charge in [-0.1, -0.05) is 6.07 Å². The van der Waals surface area contributed by atoms with Crippen LogP contribution in [0.4, 0.5) is 5.69 Å². The summed E-state index contributed by atoms with van der Waals surface area (Å²) in [5.41, 5.74) is 9.10. The van der Waals surface area contributed by atoms with Gasteiger partial charge in [-0.15, -0.1) is 0 Å². The summed E-state index contributed by atoms with van der Waals surface area (Å²) in [7, 11) is -3.06. The zero-order chi connectivity index (χ0) is 15.6. The lowest BCUT2D eigenvalue weighted by molar-refractivity contribution is 0.209. The average Bonchev–Trinajstić information content (AvgIpc) is 2.22. The molecule has 116 valence electrons. The van der Waals surface area contributed by atoms with Crippen molar-refractivity contribution in [3.63, 3.8) is 0 Å². The molecule has 0 spiro atoms. The highest BCUT2D eigenvalue weighted by Gasteiger charge is 2.32. The maximum Gasteiger partial charge on any atom is 0.211 e. The molecule has 0 aromatic heterocycles. The number of rotatable bonds is 4. The maximum absolute atomic E-state index is 11.3. The number of nitrogens with zero attached hydrogens (tertiary/aromatic N) is 2. The van der Waals surface area contributed by atoms with E-state index in [2.05, 4.69) is 16.4 Å².